The average Bonchev–Trinajstić information content (AvgIpc) is 1.69. The molecule has 0 atom stereocenters. The molecular formula is C4H9FIN. The van der Waals surface area contributed by atoms with Crippen LogP contribution >= 0.6 is 22.6 Å². The largest absolute Gasteiger partial charge is 0.313 e. The summed E-state index contributed by atoms with van der Waals surface area (Å²) in [6.45, 7) is 1.17. The van der Waals surface area contributed by atoms with Crippen molar-refractivity contribution in [2.75, 3.05) is 24.2 Å². The van der Waals surface area contributed by atoms with Crippen molar-refractivity contribution in [3.05, 3.63) is 0 Å². The number of halogens is 2. The molecule has 7 heavy (non-hydrogen) atoms. The maximum atomic E-state index is 11.3. The molecule has 0 unspecified atom stereocenters. The van der Waals surface area contributed by atoms with Gasteiger partial charge in [0, 0.05) is 17.5 Å². The Labute approximate surface area is 56.8 Å². The maximum absolute atomic E-state index is 11.3. The van der Waals surface area contributed by atoms with Crippen molar-refractivity contribution < 1.29 is 4.39 Å². The lowest BCUT2D eigenvalue weighted by atomic mass is 10.6. The molecule has 0 aromatic heterocycles. The van der Waals surface area contributed by atoms with Crippen LogP contribution in [0.5, 0.6) is 0 Å². The second kappa shape index (κ2) is 6.62. The molecular weight excluding hydrogens is 208 g/mol. The molecule has 0 fully saturated rings. The zero-order chi connectivity index (χ0) is 5.54. The van der Waals surface area contributed by atoms with Crippen LogP contribution in [-0.4, -0.2) is 24.2 Å². The summed E-state index contributed by atoms with van der Waals surface area (Å²) in [5.41, 5.74) is 0. The van der Waals surface area contributed by atoms with Gasteiger partial charge < -0.3 is 5.32 Å². The van der Waals surface area contributed by atoms with E-state index in [4.69, 9.17) is 0 Å². The normalized spacial score (nSPS) is 9.43. The van der Waals surface area contributed by atoms with E-state index in [1.165, 1.54) is 0 Å². The number of hydrogen-bond donors (Lipinski definition) is 1. The van der Waals surface area contributed by atoms with Crippen LogP contribution in [0.3, 0.4) is 0 Å². The molecule has 0 spiro atoms. The first-order valence-electron chi connectivity index (χ1n) is 2.24. The summed E-state index contributed by atoms with van der Waals surface area (Å²) in [7, 11) is 0. The van der Waals surface area contributed by atoms with Crippen molar-refractivity contribution in [2.24, 2.45) is 0 Å². The number of hydrogen-bond acceptors (Lipinski definition) is 1. The van der Waals surface area contributed by atoms with Crippen LogP contribution in [0.2, 0.25) is 0 Å². The van der Waals surface area contributed by atoms with Crippen molar-refractivity contribution in [3.63, 3.8) is 0 Å². The van der Waals surface area contributed by atoms with Gasteiger partial charge in [-0.05, 0) is 0 Å². The first-order valence-corrected chi connectivity index (χ1v) is 3.77. The molecule has 0 amide bonds. The average molecular weight is 217 g/mol. The molecule has 1 N–H and O–H groups in total. The Hall–Kier alpha value is 0.620. The molecule has 0 aliphatic heterocycles. The van der Waals surface area contributed by atoms with E-state index in [0.717, 1.165) is 11.0 Å². The lowest BCUT2D eigenvalue weighted by molar-refractivity contribution is 0.473. The van der Waals surface area contributed by atoms with E-state index in [1.54, 1.807) is 0 Å². The Kier molecular flexibility index (Phi) is 7.21. The summed E-state index contributed by atoms with van der Waals surface area (Å²) in [5, 5.41) is 2.90. The molecule has 0 rings (SSSR count). The van der Waals surface area contributed by atoms with Crippen LogP contribution in [0.15, 0.2) is 0 Å². The monoisotopic (exact) mass is 217 g/mol. The minimum Gasteiger partial charge on any atom is -0.313 e. The van der Waals surface area contributed by atoms with Crippen molar-refractivity contribution in [1.29, 1.82) is 0 Å². The van der Waals surface area contributed by atoms with E-state index in [-0.39, 0.29) is 6.67 Å². The van der Waals surface area contributed by atoms with Gasteiger partial charge in [-0.3, -0.25) is 0 Å². The molecule has 44 valence electrons. The van der Waals surface area contributed by atoms with E-state index in [1.807, 2.05) is 0 Å². The van der Waals surface area contributed by atoms with E-state index in [2.05, 4.69) is 27.9 Å². The van der Waals surface area contributed by atoms with Crippen molar-refractivity contribution in [2.45, 2.75) is 0 Å². The van der Waals surface area contributed by atoms with Crippen LogP contribution in [0.1, 0.15) is 0 Å². The number of alkyl halides is 2. The summed E-state index contributed by atoms with van der Waals surface area (Å²) in [6, 6.07) is 0. The van der Waals surface area contributed by atoms with Gasteiger partial charge in [0.1, 0.15) is 6.67 Å². The fourth-order valence-corrected chi connectivity index (χ4v) is 0.640. The first-order chi connectivity index (χ1) is 3.41. The highest BCUT2D eigenvalue weighted by atomic mass is 127. The molecule has 0 heterocycles. The molecule has 0 aromatic carbocycles. The molecule has 3 heteroatoms. The zero-order valence-electron chi connectivity index (χ0n) is 4.08. The lowest BCUT2D eigenvalue weighted by Crippen LogP contribution is -2.18. The van der Waals surface area contributed by atoms with Gasteiger partial charge in [-0.15, -0.1) is 0 Å². The van der Waals surface area contributed by atoms with Gasteiger partial charge in [0.25, 0.3) is 0 Å². The van der Waals surface area contributed by atoms with Crippen molar-refractivity contribution >= 4 is 22.6 Å². The molecule has 0 aromatic rings. The van der Waals surface area contributed by atoms with Gasteiger partial charge in [0.2, 0.25) is 0 Å². The predicted octanol–water partition coefficient (Wildman–Crippen LogP) is 0.981. The molecule has 0 bridgehead atoms. The van der Waals surface area contributed by atoms with Crippen molar-refractivity contribution in [3.8, 4) is 0 Å². The topological polar surface area (TPSA) is 12.0 Å². The van der Waals surface area contributed by atoms with Crippen LogP contribution in [0, 0.1) is 0 Å². The Bertz CT molecular complexity index is 30.9. The van der Waals surface area contributed by atoms with Gasteiger partial charge in [0.15, 0.2) is 0 Å². The van der Waals surface area contributed by atoms with Crippen LogP contribution in [-0.2, 0) is 0 Å². The number of rotatable bonds is 4. The summed E-state index contributed by atoms with van der Waals surface area (Å²) in [5.74, 6) is 0. The third-order valence-electron chi connectivity index (χ3n) is 0.543. The van der Waals surface area contributed by atoms with Crippen molar-refractivity contribution in [1.82, 2.24) is 5.32 Å². The third-order valence-corrected chi connectivity index (χ3v) is 1.08. The summed E-state index contributed by atoms with van der Waals surface area (Å²) < 4.78 is 12.3. The van der Waals surface area contributed by atoms with Crippen LogP contribution in [0.4, 0.5) is 4.39 Å². The molecule has 1 nitrogen and oxygen atoms in total. The fourth-order valence-electron chi connectivity index (χ4n) is 0.259. The summed E-state index contributed by atoms with van der Waals surface area (Å²) in [6.07, 6.45) is 0. The lowest BCUT2D eigenvalue weighted by Gasteiger charge is -1.93. The third kappa shape index (κ3) is 6.62. The molecule has 0 saturated heterocycles. The standard InChI is InChI=1S/C4H9FIN/c5-1-3-7-4-2-6/h7H,1-4H2. The quantitative estimate of drug-likeness (QED) is 0.420. The molecule has 0 aliphatic carbocycles. The fraction of sp³-hybridized carbons (Fsp3) is 1.00. The Morgan fingerprint density at radius 1 is 1.43 bits per heavy atom. The highest BCUT2D eigenvalue weighted by Gasteiger charge is 1.79. The predicted molar refractivity (Wildman–Crippen MR) is 37.7 cm³/mol. The van der Waals surface area contributed by atoms with Gasteiger partial charge in [-0.1, -0.05) is 22.6 Å². The summed E-state index contributed by atoms with van der Waals surface area (Å²) >= 11 is 2.24. The van der Waals surface area contributed by atoms with E-state index < -0.39 is 0 Å². The van der Waals surface area contributed by atoms with E-state index >= 15 is 0 Å². The highest BCUT2D eigenvalue weighted by molar-refractivity contribution is 14.1. The van der Waals surface area contributed by atoms with Gasteiger partial charge in [0.05, 0.1) is 0 Å². The van der Waals surface area contributed by atoms with Gasteiger partial charge in [-0.2, -0.15) is 0 Å². The Balaban J connectivity index is 2.45. The maximum Gasteiger partial charge on any atom is 0.102 e. The SMILES string of the molecule is FCCNCCI. The van der Waals surface area contributed by atoms with E-state index in [9.17, 15) is 4.39 Å². The second-order valence-electron chi connectivity index (χ2n) is 1.13. The molecule has 0 aliphatic rings. The van der Waals surface area contributed by atoms with Crippen LogP contribution < -0.4 is 5.32 Å². The van der Waals surface area contributed by atoms with Gasteiger partial charge >= 0.3 is 0 Å². The molecule has 0 radical (unpaired) electrons. The Morgan fingerprint density at radius 3 is 2.57 bits per heavy atom. The molecule has 0 saturated carbocycles. The first kappa shape index (κ1) is 7.62. The van der Waals surface area contributed by atoms with E-state index in [0.29, 0.717) is 6.54 Å². The summed E-state index contributed by atoms with van der Waals surface area (Å²) in [4.78, 5) is 0. The van der Waals surface area contributed by atoms with Gasteiger partial charge in [-0.25, -0.2) is 4.39 Å². The minimum absolute atomic E-state index is 0.253. The van der Waals surface area contributed by atoms with Crippen LogP contribution in [0.25, 0.3) is 0 Å². The second-order valence-corrected chi connectivity index (χ2v) is 2.21. The highest BCUT2D eigenvalue weighted by Crippen LogP contribution is 1.74. The minimum atomic E-state index is -0.253. The zero-order valence-corrected chi connectivity index (χ0v) is 6.24. The number of nitrogens with one attached hydrogen (secondary N) is 1. The Morgan fingerprint density at radius 2 is 2.14 bits per heavy atom. The smallest absolute Gasteiger partial charge is 0.102 e.